The van der Waals surface area contributed by atoms with Crippen molar-refractivity contribution >= 4 is 5.97 Å². The maximum atomic E-state index is 11.5. The van der Waals surface area contributed by atoms with Gasteiger partial charge >= 0.3 is 5.97 Å². The number of carboxylic acid groups (broad SMARTS) is 1. The zero-order valence-corrected chi connectivity index (χ0v) is 9.50. The van der Waals surface area contributed by atoms with Gasteiger partial charge in [-0.15, -0.1) is 0 Å². The van der Waals surface area contributed by atoms with Crippen molar-refractivity contribution in [1.29, 1.82) is 0 Å². The lowest BCUT2D eigenvalue weighted by Crippen LogP contribution is -2.24. The molecule has 0 saturated heterocycles. The molecule has 1 aromatic rings. The summed E-state index contributed by atoms with van der Waals surface area (Å²) in [5.41, 5.74) is -0.941. The predicted octanol–water partition coefficient (Wildman–Crippen LogP) is 1.16. The Hall–Kier alpha value is -1.65. The molecule has 0 aliphatic heterocycles. The number of aromatic nitrogens is 2. The van der Waals surface area contributed by atoms with Crippen LogP contribution in [0.3, 0.4) is 0 Å². The normalized spacial score (nSPS) is 26.4. The number of hydrogen-bond acceptors (Lipinski definition) is 3. The van der Waals surface area contributed by atoms with Crippen LogP contribution in [0, 0.1) is 5.41 Å². The van der Waals surface area contributed by atoms with Crippen LogP contribution in [0.5, 0.6) is 0 Å². The second-order valence-corrected chi connectivity index (χ2v) is 5.17. The van der Waals surface area contributed by atoms with Crippen molar-refractivity contribution in [3.63, 3.8) is 0 Å². The molecule has 1 aliphatic rings. The van der Waals surface area contributed by atoms with Crippen LogP contribution in [0.15, 0.2) is 11.0 Å². The highest BCUT2D eigenvalue weighted by atomic mass is 16.4. The number of carboxylic acids is 1. The van der Waals surface area contributed by atoms with E-state index in [0.717, 1.165) is 12.6 Å². The van der Waals surface area contributed by atoms with Gasteiger partial charge in [-0.3, -0.25) is 4.79 Å². The standard InChI is InChI=1S/C11H14N2O3/c1-10(2)5-11(10,3)9-12-4-6(8(15)16)7(14)13-9/h4H,5H2,1-3H3,(H,15,16)(H,12,13,14). The molecule has 1 aromatic heterocycles. The van der Waals surface area contributed by atoms with E-state index in [4.69, 9.17) is 5.11 Å². The fraction of sp³-hybridized carbons (Fsp3) is 0.545. The third-order valence-corrected chi connectivity index (χ3v) is 3.72. The number of rotatable bonds is 2. The largest absolute Gasteiger partial charge is 0.477 e. The minimum Gasteiger partial charge on any atom is -0.477 e. The van der Waals surface area contributed by atoms with Crippen LogP contribution in [-0.4, -0.2) is 21.0 Å². The van der Waals surface area contributed by atoms with Gasteiger partial charge in [0.05, 0.1) is 0 Å². The summed E-state index contributed by atoms with van der Waals surface area (Å²) in [6.07, 6.45) is 2.07. The molecule has 1 saturated carbocycles. The van der Waals surface area contributed by atoms with Crippen LogP contribution in [0.1, 0.15) is 43.4 Å². The van der Waals surface area contributed by atoms with Crippen molar-refractivity contribution in [1.82, 2.24) is 9.97 Å². The lowest BCUT2D eigenvalue weighted by Gasteiger charge is -2.13. The monoisotopic (exact) mass is 222 g/mol. The molecule has 0 amide bonds. The van der Waals surface area contributed by atoms with Crippen LogP contribution < -0.4 is 5.56 Å². The first-order chi connectivity index (χ1) is 7.28. The molecule has 1 atom stereocenters. The van der Waals surface area contributed by atoms with Crippen molar-refractivity contribution in [2.24, 2.45) is 5.41 Å². The van der Waals surface area contributed by atoms with E-state index in [1.165, 1.54) is 0 Å². The van der Waals surface area contributed by atoms with Crippen LogP contribution in [0.4, 0.5) is 0 Å². The van der Waals surface area contributed by atoms with Crippen LogP contribution in [0.2, 0.25) is 0 Å². The number of aromatic amines is 1. The van der Waals surface area contributed by atoms with E-state index in [1.807, 2.05) is 6.92 Å². The van der Waals surface area contributed by atoms with Gasteiger partial charge in [-0.25, -0.2) is 9.78 Å². The molecule has 2 N–H and O–H groups in total. The number of aromatic carboxylic acids is 1. The molecule has 16 heavy (non-hydrogen) atoms. The molecular weight excluding hydrogens is 208 g/mol. The summed E-state index contributed by atoms with van der Waals surface area (Å²) in [5.74, 6) is -0.673. The third kappa shape index (κ3) is 1.35. The molecule has 86 valence electrons. The van der Waals surface area contributed by atoms with Crippen molar-refractivity contribution in [2.45, 2.75) is 32.6 Å². The molecule has 0 spiro atoms. The van der Waals surface area contributed by atoms with Gasteiger partial charge in [-0.05, 0) is 11.8 Å². The molecule has 0 aromatic carbocycles. The van der Waals surface area contributed by atoms with Crippen molar-refractivity contribution in [3.8, 4) is 0 Å². The SMILES string of the molecule is CC1(C)CC1(C)c1ncc(C(=O)O)c(=O)[nH]1. The van der Waals surface area contributed by atoms with Gasteiger partial charge in [0, 0.05) is 11.6 Å². The summed E-state index contributed by atoms with van der Waals surface area (Å²) < 4.78 is 0. The Morgan fingerprint density at radius 2 is 2.06 bits per heavy atom. The fourth-order valence-electron chi connectivity index (χ4n) is 2.07. The van der Waals surface area contributed by atoms with Crippen molar-refractivity contribution in [3.05, 3.63) is 27.9 Å². The minimum atomic E-state index is -1.25. The summed E-state index contributed by atoms with van der Waals surface area (Å²) in [4.78, 5) is 28.8. The number of H-pyrrole nitrogens is 1. The molecule has 1 unspecified atom stereocenters. The Kier molecular flexibility index (Phi) is 1.99. The number of carbonyl (C=O) groups is 1. The Bertz CT molecular complexity index is 518. The van der Waals surface area contributed by atoms with Gasteiger partial charge < -0.3 is 10.1 Å². The van der Waals surface area contributed by atoms with Crippen LogP contribution in [0.25, 0.3) is 0 Å². The minimum absolute atomic E-state index is 0.105. The van der Waals surface area contributed by atoms with Gasteiger partial charge in [-0.2, -0.15) is 0 Å². The molecule has 5 heteroatoms. The molecule has 1 aliphatic carbocycles. The van der Waals surface area contributed by atoms with Crippen molar-refractivity contribution < 1.29 is 9.90 Å². The highest BCUT2D eigenvalue weighted by molar-refractivity contribution is 5.86. The molecular formula is C11H14N2O3. The van der Waals surface area contributed by atoms with Gasteiger partial charge in [0.15, 0.2) is 0 Å². The Labute approximate surface area is 92.5 Å². The summed E-state index contributed by atoms with van der Waals surface area (Å²) in [7, 11) is 0. The van der Waals surface area contributed by atoms with E-state index >= 15 is 0 Å². The van der Waals surface area contributed by atoms with E-state index in [9.17, 15) is 9.59 Å². The topological polar surface area (TPSA) is 83.0 Å². The third-order valence-electron chi connectivity index (χ3n) is 3.72. The second-order valence-electron chi connectivity index (χ2n) is 5.17. The summed E-state index contributed by atoms with van der Waals surface area (Å²) in [6, 6.07) is 0. The first-order valence-electron chi connectivity index (χ1n) is 5.11. The van der Waals surface area contributed by atoms with Crippen molar-refractivity contribution in [2.75, 3.05) is 0 Å². The van der Waals surface area contributed by atoms with E-state index in [2.05, 4.69) is 23.8 Å². The average molecular weight is 222 g/mol. The first-order valence-corrected chi connectivity index (χ1v) is 5.11. The summed E-state index contributed by atoms with van der Waals surface area (Å²) in [5, 5.41) is 8.72. The first kappa shape index (κ1) is 10.9. The smallest absolute Gasteiger partial charge is 0.342 e. The zero-order valence-electron chi connectivity index (χ0n) is 9.50. The van der Waals surface area contributed by atoms with Gasteiger partial charge in [0.2, 0.25) is 0 Å². The van der Waals surface area contributed by atoms with E-state index in [0.29, 0.717) is 5.82 Å². The van der Waals surface area contributed by atoms with Gasteiger partial charge in [0.25, 0.3) is 5.56 Å². The molecule has 2 rings (SSSR count). The zero-order chi connectivity index (χ0) is 12.1. The number of hydrogen-bond donors (Lipinski definition) is 2. The maximum absolute atomic E-state index is 11.5. The Morgan fingerprint density at radius 3 is 2.44 bits per heavy atom. The highest BCUT2D eigenvalue weighted by Crippen LogP contribution is 2.62. The Balaban J connectivity index is 2.45. The molecule has 1 fully saturated rings. The molecule has 0 radical (unpaired) electrons. The van der Waals surface area contributed by atoms with E-state index < -0.39 is 11.5 Å². The quantitative estimate of drug-likeness (QED) is 0.786. The second kappa shape index (κ2) is 2.93. The van der Waals surface area contributed by atoms with Gasteiger partial charge in [0.1, 0.15) is 11.4 Å². The maximum Gasteiger partial charge on any atom is 0.342 e. The molecule has 0 bridgehead atoms. The number of nitrogens with one attached hydrogen (secondary N) is 1. The highest BCUT2D eigenvalue weighted by Gasteiger charge is 2.60. The van der Waals surface area contributed by atoms with Gasteiger partial charge in [-0.1, -0.05) is 20.8 Å². The summed E-state index contributed by atoms with van der Waals surface area (Å²) in [6.45, 7) is 6.21. The number of nitrogens with zero attached hydrogens (tertiary/aromatic N) is 1. The Morgan fingerprint density at radius 1 is 1.50 bits per heavy atom. The lowest BCUT2D eigenvalue weighted by molar-refractivity contribution is 0.0694. The molecule has 1 heterocycles. The predicted molar refractivity (Wildman–Crippen MR) is 57.6 cm³/mol. The van der Waals surface area contributed by atoms with E-state index in [1.54, 1.807) is 0 Å². The average Bonchev–Trinajstić information content (AvgIpc) is 2.66. The molecule has 5 nitrogen and oxygen atoms in total. The van der Waals surface area contributed by atoms with Crippen LogP contribution in [-0.2, 0) is 5.41 Å². The lowest BCUT2D eigenvalue weighted by atomic mass is 9.97. The summed E-state index contributed by atoms with van der Waals surface area (Å²) >= 11 is 0. The van der Waals surface area contributed by atoms with E-state index in [-0.39, 0.29) is 16.4 Å². The fourth-order valence-corrected chi connectivity index (χ4v) is 2.07. The van der Waals surface area contributed by atoms with Crippen LogP contribution >= 0.6 is 0 Å².